The first-order valence-electron chi connectivity index (χ1n) is 7.22. The summed E-state index contributed by atoms with van der Waals surface area (Å²) in [5.41, 5.74) is 2.98. The molecule has 1 N–H and O–H groups in total. The van der Waals surface area contributed by atoms with Crippen LogP contribution in [0, 0.1) is 5.41 Å². The SMILES string of the molecule is CCc1cc(CC)n(CCNCCC(C)(C)C)n1. The minimum Gasteiger partial charge on any atom is -0.315 e. The summed E-state index contributed by atoms with van der Waals surface area (Å²) < 4.78 is 2.16. The molecule has 0 aliphatic rings. The van der Waals surface area contributed by atoms with E-state index >= 15 is 0 Å². The molecule has 0 spiro atoms. The van der Waals surface area contributed by atoms with Crippen LogP contribution in [0.4, 0.5) is 0 Å². The lowest BCUT2D eigenvalue weighted by Crippen LogP contribution is -2.25. The molecule has 1 rings (SSSR count). The van der Waals surface area contributed by atoms with E-state index in [0.717, 1.165) is 32.5 Å². The predicted molar refractivity (Wildman–Crippen MR) is 77.9 cm³/mol. The highest BCUT2D eigenvalue weighted by molar-refractivity contribution is 5.10. The molecular formula is C15H29N3. The topological polar surface area (TPSA) is 29.9 Å². The third-order valence-electron chi connectivity index (χ3n) is 3.19. The summed E-state index contributed by atoms with van der Waals surface area (Å²) in [6.45, 7) is 14.3. The monoisotopic (exact) mass is 251 g/mol. The average Bonchev–Trinajstić information content (AvgIpc) is 2.69. The van der Waals surface area contributed by atoms with E-state index in [9.17, 15) is 0 Å². The zero-order chi connectivity index (χ0) is 13.6. The van der Waals surface area contributed by atoms with Gasteiger partial charge in [-0.2, -0.15) is 5.10 Å². The van der Waals surface area contributed by atoms with E-state index in [1.54, 1.807) is 0 Å². The van der Waals surface area contributed by atoms with E-state index < -0.39 is 0 Å². The zero-order valence-corrected chi connectivity index (χ0v) is 12.7. The smallest absolute Gasteiger partial charge is 0.0624 e. The first kappa shape index (κ1) is 15.2. The second kappa shape index (κ2) is 6.93. The molecule has 104 valence electrons. The van der Waals surface area contributed by atoms with Gasteiger partial charge in [-0.3, -0.25) is 4.68 Å². The molecule has 0 fully saturated rings. The Morgan fingerprint density at radius 1 is 1.17 bits per heavy atom. The van der Waals surface area contributed by atoms with Crippen molar-refractivity contribution in [3.63, 3.8) is 0 Å². The highest BCUT2D eigenvalue weighted by Crippen LogP contribution is 2.16. The summed E-state index contributed by atoms with van der Waals surface area (Å²) in [6.07, 6.45) is 3.30. The maximum Gasteiger partial charge on any atom is 0.0624 e. The maximum atomic E-state index is 4.62. The van der Waals surface area contributed by atoms with Gasteiger partial charge in [0.1, 0.15) is 0 Å². The van der Waals surface area contributed by atoms with Gasteiger partial charge in [0, 0.05) is 12.2 Å². The minimum atomic E-state index is 0.419. The Hall–Kier alpha value is -0.830. The van der Waals surface area contributed by atoms with E-state index in [-0.39, 0.29) is 0 Å². The summed E-state index contributed by atoms with van der Waals surface area (Å²) in [5, 5.41) is 8.13. The summed E-state index contributed by atoms with van der Waals surface area (Å²) in [7, 11) is 0. The maximum absolute atomic E-state index is 4.62. The number of rotatable bonds is 7. The first-order valence-corrected chi connectivity index (χ1v) is 7.22. The van der Waals surface area contributed by atoms with Crippen molar-refractivity contribution in [2.24, 2.45) is 5.41 Å². The molecule has 3 heteroatoms. The lowest BCUT2D eigenvalue weighted by atomic mass is 9.92. The van der Waals surface area contributed by atoms with Crippen LogP contribution in [-0.4, -0.2) is 22.9 Å². The van der Waals surface area contributed by atoms with Crippen molar-refractivity contribution in [1.82, 2.24) is 15.1 Å². The van der Waals surface area contributed by atoms with Gasteiger partial charge < -0.3 is 5.32 Å². The molecule has 0 unspecified atom stereocenters. The van der Waals surface area contributed by atoms with Crippen molar-refractivity contribution >= 4 is 0 Å². The predicted octanol–water partition coefficient (Wildman–Crippen LogP) is 3.03. The van der Waals surface area contributed by atoms with E-state index in [1.807, 2.05) is 0 Å². The summed E-state index contributed by atoms with van der Waals surface area (Å²) in [6, 6.07) is 2.23. The molecule has 0 saturated heterocycles. The van der Waals surface area contributed by atoms with Crippen LogP contribution < -0.4 is 5.32 Å². The first-order chi connectivity index (χ1) is 8.46. The molecule has 0 aliphatic carbocycles. The van der Waals surface area contributed by atoms with Crippen LogP contribution in [0.5, 0.6) is 0 Å². The quantitative estimate of drug-likeness (QED) is 0.755. The Morgan fingerprint density at radius 3 is 2.44 bits per heavy atom. The Labute approximate surface area is 112 Å². The van der Waals surface area contributed by atoms with Gasteiger partial charge in [-0.1, -0.05) is 34.6 Å². The third-order valence-corrected chi connectivity index (χ3v) is 3.19. The molecular weight excluding hydrogens is 222 g/mol. The molecule has 3 nitrogen and oxygen atoms in total. The second-order valence-corrected chi connectivity index (χ2v) is 6.12. The second-order valence-electron chi connectivity index (χ2n) is 6.12. The van der Waals surface area contributed by atoms with Crippen molar-refractivity contribution in [2.45, 2.75) is 60.4 Å². The zero-order valence-electron chi connectivity index (χ0n) is 12.7. The third kappa shape index (κ3) is 5.21. The molecule has 1 aromatic rings. The van der Waals surface area contributed by atoms with Gasteiger partial charge >= 0.3 is 0 Å². The van der Waals surface area contributed by atoms with Gasteiger partial charge in [0.2, 0.25) is 0 Å². The Balaban J connectivity index is 2.32. The molecule has 0 saturated carbocycles. The molecule has 18 heavy (non-hydrogen) atoms. The number of aromatic nitrogens is 2. The van der Waals surface area contributed by atoms with Gasteiger partial charge in [0.05, 0.1) is 12.2 Å². The van der Waals surface area contributed by atoms with Crippen LogP contribution in [0.15, 0.2) is 6.07 Å². The molecule has 0 amide bonds. The number of hydrogen-bond acceptors (Lipinski definition) is 2. The van der Waals surface area contributed by atoms with Crippen molar-refractivity contribution < 1.29 is 0 Å². The van der Waals surface area contributed by atoms with Crippen LogP contribution in [0.3, 0.4) is 0 Å². The van der Waals surface area contributed by atoms with Crippen LogP contribution in [0.25, 0.3) is 0 Å². The highest BCUT2D eigenvalue weighted by Gasteiger charge is 2.09. The fraction of sp³-hybridized carbons (Fsp3) is 0.800. The largest absolute Gasteiger partial charge is 0.315 e. The Morgan fingerprint density at radius 2 is 1.89 bits per heavy atom. The molecule has 0 atom stereocenters. The van der Waals surface area contributed by atoms with Crippen LogP contribution in [0.2, 0.25) is 0 Å². The van der Waals surface area contributed by atoms with Gasteiger partial charge in [-0.25, -0.2) is 0 Å². The van der Waals surface area contributed by atoms with Crippen molar-refractivity contribution in [3.05, 3.63) is 17.5 Å². The summed E-state index contributed by atoms with van der Waals surface area (Å²) >= 11 is 0. The van der Waals surface area contributed by atoms with Crippen molar-refractivity contribution in [2.75, 3.05) is 13.1 Å². The van der Waals surface area contributed by atoms with Crippen molar-refractivity contribution in [3.8, 4) is 0 Å². The summed E-state index contributed by atoms with van der Waals surface area (Å²) in [4.78, 5) is 0. The van der Waals surface area contributed by atoms with E-state index in [0.29, 0.717) is 5.41 Å². The van der Waals surface area contributed by atoms with Crippen molar-refractivity contribution in [1.29, 1.82) is 0 Å². The van der Waals surface area contributed by atoms with Gasteiger partial charge in [0.15, 0.2) is 0 Å². The minimum absolute atomic E-state index is 0.419. The van der Waals surface area contributed by atoms with E-state index in [2.05, 4.69) is 55.8 Å². The lowest BCUT2D eigenvalue weighted by molar-refractivity contribution is 0.364. The Bertz CT molecular complexity index is 347. The van der Waals surface area contributed by atoms with E-state index in [1.165, 1.54) is 17.8 Å². The highest BCUT2D eigenvalue weighted by atomic mass is 15.3. The van der Waals surface area contributed by atoms with Crippen LogP contribution in [0.1, 0.15) is 52.4 Å². The molecule has 0 aliphatic heterocycles. The van der Waals surface area contributed by atoms with Gasteiger partial charge in [0.25, 0.3) is 0 Å². The van der Waals surface area contributed by atoms with E-state index in [4.69, 9.17) is 0 Å². The number of nitrogens with zero attached hydrogens (tertiary/aromatic N) is 2. The molecule has 0 bridgehead atoms. The number of nitrogens with one attached hydrogen (secondary N) is 1. The lowest BCUT2D eigenvalue weighted by Gasteiger charge is -2.18. The fourth-order valence-electron chi connectivity index (χ4n) is 1.94. The van der Waals surface area contributed by atoms with Gasteiger partial charge in [-0.05, 0) is 37.3 Å². The molecule has 0 aromatic carbocycles. The Kier molecular flexibility index (Phi) is 5.86. The standard InChI is InChI=1S/C15H29N3/c1-6-13-12-14(7-2)18(17-13)11-10-16-9-8-15(3,4)5/h12,16H,6-11H2,1-5H3. The normalized spacial score (nSPS) is 12.1. The number of aryl methyl sites for hydroxylation is 2. The van der Waals surface area contributed by atoms with Crippen LogP contribution >= 0.6 is 0 Å². The molecule has 1 heterocycles. The average molecular weight is 251 g/mol. The fourth-order valence-corrected chi connectivity index (χ4v) is 1.94. The van der Waals surface area contributed by atoms with Crippen LogP contribution in [-0.2, 0) is 19.4 Å². The summed E-state index contributed by atoms with van der Waals surface area (Å²) in [5.74, 6) is 0. The van der Waals surface area contributed by atoms with Gasteiger partial charge in [-0.15, -0.1) is 0 Å². The number of hydrogen-bond donors (Lipinski definition) is 1. The molecule has 0 radical (unpaired) electrons. The molecule has 1 aromatic heterocycles.